The maximum atomic E-state index is 5.94. The number of alkyl halides is 6. The van der Waals surface area contributed by atoms with Gasteiger partial charge in [0.05, 0.1) is 18.5 Å². The highest BCUT2D eigenvalue weighted by Crippen LogP contribution is 2.43. The summed E-state index contributed by atoms with van der Waals surface area (Å²) in [5.41, 5.74) is 1.97. The first-order valence-electron chi connectivity index (χ1n) is 6.58. The van der Waals surface area contributed by atoms with Crippen molar-refractivity contribution in [3.05, 3.63) is 58.9 Å². The summed E-state index contributed by atoms with van der Waals surface area (Å²) in [6, 6.07) is 10.5. The van der Waals surface area contributed by atoms with E-state index >= 15 is 0 Å². The molecule has 0 aliphatic rings. The van der Waals surface area contributed by atoms with E-state index in [9.17, 15) is 0 Å². The first-order chi connectivity index (χ1) is 11.1. The zero-order valence-corrected chi connectivity index (χ0v) is 16.8. The van der Waals surface area contributed by atoms with Crippen LogP contribution in [0.4, 0.5) is 0 Å². The number of halogens is 6. The summed E-state index contributed by atoms with van der Waals surface area (Å²) in [5.74, 6) is 0.766. The van der Waals surface area contributed by atoms with Gasteiger partial charge in [-0.2, -0.15) is 0 Å². The van der Waals surface area contributed by atoms with Gasteiger partial charge in [0.25, 0.3) is 0 Å². The van der Waals surface area contributed by atoms with Crippen LogP contribution in [0.1, 0.15) is 22.5 Å². The standard InChI is InChI=1S/C16H11Cl6NO/c1-24-13-6-3-10(4-7-13)2-5-12-8-11(15(17,18)19)9-14(23-12)16(20,21)22/h2-9H,1H3/b5-2+. The Morgan fingerprint density at radius 2 is 1.50 bits per heavy atom. The summed E-state index contributed by atoms with van der Waals surface area (Å²) in [6.45, 7) is 0. The Kier molecular flexibility index (Phi) is 6.58. The van der Waals surface area contributed by atoms with Gasteiger partial charge in [0.2, 0.25) is 7.59 Å². The maximum absolute atomic E-state index is 5.94. The molecule has 1 heterocycles. The van der Waals surface area contributed by atoms with E-state index in [2.05, 4.69) is 4.98 Å². The first-order valence-corrected chi connectivity index (χ1v) is 8.85. The molecule has 1 aromatic carbocycles. The van der Waals surface area contributed by atoms with E-state index in [4.69, 9.17) is 74.3 Å². The second-order valence-corrected chi connectivity index (χ2v) is 9.33. The molecule has 2 aromatic rings. The molecule has 0 saturated carbocycles. The summed E-state index contributed by atoms with van der Waals surface area (Å²) < 4.78 is 1.73. The van der Waals surface area contributed by atoms with Crippen molar-refractivity contribution >= 4 is 81.8 Å². The lowest BCUT2D eigenvalue weighted by Crippen LogP contribution is -2.09. The predicted molar refractivity (Wildman–Crippen MR) is 105 cm³/mol. The molecule has 128 valence electrons. The average Bonchev–Trinajstić information content (AvgIpc) is 2.51. The fourth-order valence-corrected chi connectivity index (χ4v) is 2.46. The van der Waals surface area contributed by atoms with Crippen molar-refractivity contribution in [1.29, 1.82) is 0 Å². The molecular formula is C16H11Cl6NO. The van der Waals surface area contributed by atoms with Crippen LogP contribution in [0.5, 0.6) is 5.75 Å². The highest BCUT2D eigenvalue weighted by Gasteiger charge is 2.30. The van der Waals surface area contributed by atoms with E-state index in [-0.39, 0.29) is 5.69 Å². The lowest BCUT2D eigenvalue weighted by molar-refractivity contribution is 0.415. The number of nitrogens with zero attached hydrogens (tertiary/aromatic N) is 1. The Morgan fingerprint density at radius 1 is 0.875 bits per heavy atom. The van der Waals surface area contributed by atoms with Gasteiger partial charge in [-0.1, -0.05) is 87.8 Å². The van der Waals surface area contributed by atoms with E-state index in [0.717, 1.165) is 11.3 Å². The Morgan fingerprint density at radius 3 is 2.00 bits per heavy atom. The second kappa shape index (κ2) is 7.90. The van der Waals surface area contributed by atoms with Crippen molar-refractivity contribution in [2.45, 2.75) is 7.59 Å². The minimum atomic E-state index is -1.73. The largest absolute Gasteiger partial charge is 0.497 e. The molecule has 0 radical (unpaired) electrons. The van der Waals surface area contributed by atoms with Gasteiger partial charge in [0.1, 0.15) is 5.75 Å². The van der Waals surface area contributed by atoms with Gasteiger partial charge >= 0.3 is 0 Å². The molecule has 0 amide bonds. The summed E-state index contributed by atoms with van der Waals surface area (Å²) in [4.78, 5) is 4.28. The SMILES string of the molecule is COc1ccc(/C=C/c2cc(C(Cl)(Cl)Cl)cc(C(Cl)(Cl)Cl)n2)cc1. The van der Waals surface area contributed by atoms with Gasteiger partial charge in [-0.05, 0) is 35.9 Å². The number of pyridine rings is 1. The van der Waals surface area contributed by atoms with Crippen molar-refractivity contribution in [3.63, 3.8) is 0 Å². The van der Waals surface area contributed by atoms with Gasteiger partial charge in [-0.3, -0.25) is 0 Å². The molecule has 2 nitrogen and oxygen atoms in total. The van der Waals surface area contributed by atoms with E-state index < -0.39 is 7.59 Å². The Labute approximate surface area is 170 Å². The number of hydrogen-bond acceptors (Lipinski definition) is 2. The van der Waals surface area contributed by atoms with Crippen LogP contribution in [-0.4, -0.2) is 12.1 Å². The van der Waals surface area contributed by atoms with E-state index in [1.165, 1.54) is 6.07 Å². The predicted octanol–water partition coefficient (Wildman–Crippen LogP) is 6.91. The summed E-state index contributed by atoms with van der Waals surface area (Å²) in [5, 5.41) is 0. The molecule has 0 bridgehead atoms. The third-order valence-corrected chi connectivity index (χ3v) is 4.26. The third-order valence-electron chi connectivity index (χ3n) is 3.03. The number of methoxy groups -OCH3 is 1. The second-order valence-electron chi connectivity index (χ2n) is 4.77. The van der Waals surface area contributed by atoms with Gasteiger partial charge in [-0.25, -0.2) is 4.98 Å². The van der Waals surface area contributed by atoms with Crippen LogP contribution in [0.15, 0.2) is 36.4 Å². The molecule has 0 aliphatic carbocycles. The summed E-state index contributed by atoms with van der Waals surface area (Å²) in [7, 11) is 1.61. The fraction of sp³-hybridized carbons (Fsp3) is 0.188. The van der Waals surface area contributed by atoms with Gasteiger partial charge < -0.3 is 4.74 Å². The lowest BCUT2D eigenvalue weighted by Gasteiger charge is -2.17. The molecule has 0 fully saturated rings. The molecule has 0 unspecified atom stereocenters. The molecule has 8 heteroatoms. The van der Waals surface area contributed by atoms with E-state index in [0.29, 0.717) is 11.3 Å². The number of aromatic nitrogens is 1. The van der Waals surface area contributed by atoms with Crippen LogP contribution in [0.2, 0.25) is 0 Å². The molecule has 0 saturated heterocycles. The van der Waals surface area contributed by atoms with E-state index in [1.54, 1.807) is 19.3 Å². The van der Waals surface area contributed by atoms with Crippen molar-refractivity contribution in [2.24, 2.45) is 0 Å². The van der Waals surface area contributed by atoms with Crippen molar-refractivity contribution in [2.75, 3.05) is 7.11 Å². The van der Waals surface area contributed by atoms with Crippen LogP contribution in [0.3, 0.4) is 0 Å². The van der Waals surface area contributed by atoms with Crippen LogP contribution in [0, 0.1) is 0 Å². The zero-order chi connectivity index (χ0) is 18.0. The third kappa shape index (κ3) is 5.59. The summed E-state index contributed by atoms with van der Waals surface area (Å²) in [6.07, 6.45) is 3.58. The Bertz CT molecular complexity index is 699. The minimum absolute atomic E-state index is 0.172. The Balaban J connectivity index is 2.39. The zero-order valence-electron chi connectivity index (χ0n) is 12.2. The molecule has 24 heavy (non-hydrogen) atoms. The topological polar surface area (TPSA) is 22.1 Å². The summed E-state index contributed by atoms with van der Waals surface area (Å²) >= 11 is 35.5. The Hall–Kier alpha value is -0.350. The number of ether oxygens (including phenoxy) is 1. The normalized spacial score (nSPS) is 12.6. The highest BCUT2D eigenvalue weighted by molar-refractivity contribution is 6.67. The highest BCUT2D eigenvalue weighted by atomic mass is 35.6. The van der Waals surface area contributed by atoms with Crippen LogP contribution >= 0.6 is 69.6 Å². The maximum Gasteiger partial charge on any atom is 0.232 e. The van der Waals surface area contributed by atoms with Crippen LogP contribution in [0.25, 0.3) is 12.2 Å². The first kappa shape index (κ1) is 20.0. The molecule has 0 N–H and O–H groups in total. The molecule has 0 aliphatic heterocycles. The quantitative estimate of drug-likeness (QED) is 0.478. The molecular weight excluding hydrogens is 435 g/mol. The van der Waals surface area contributed by atoms with Crippen LogP contribution < -0.4 is 4.74 Å². The van der Waals surface area contributed by atoms with Crippen molar-refractivity contribution in [1.82, 2.24) is 4.98 Å². The van der Waals surface area contributed by atoms with Gasteiger partial charge in [-0.15, -0.1) is 0 Å². The minimum Gasteiger partial charge on any atom is -0.497 e. The van der Waals surface area contributed by atoms with E-state index in [1.807, 2.05) is 30.3 Å². The molecule has 0 atom stereocenters. The van der Waals surface area contributed by atoms with Gasteiger partial charge in [0.15, 0.2) is 0 Å². The van der Waals surface area contributed by atoms with Crippen molar-refractivity contribution in [3.8, 4) is 5.75 Å². The number of hydrogen-bond donors (Lipinski definition) is 0. The van der Waals surface area contributed by atoms with Crippen LogP contribution in [-0.2, 0) is 7.59 Å². The van der Waals surface area contributed by atoms with Crippen molar-refractivity contribution < 1.29 is 4.74 Å². The fourth-order valence-electron chi connectivity index (χ4n) is 1.84. The molecule has 2 rings (SSSR count). The molecule has 1 aromatic heterocycles. The number of rotatable bonds is 3. The smallest absolute Gasteiger partial charge is 0.232 e. The number of benzene rings is 1. The van der Waals surface area contributed by atoms with Gasteiger partial charge in [0, 0.05) is 5.56 Å². The average molecular weight is 446 g/mol. The molecule has 0 spiro atoms. The monoisotopic (exact) mass is 443 g/mol. The lowest BCUT2D eigenvalue weighted by atomic mass is 10.1.